The van der Waals surface area contributed by atoms with Crippen LogP contribution < -0.4 is 5.73 Å². The van der Waals surface area contributed by atoms with E-state index in [1.54, 1.807) is 18.3 Å². The molecule has 1 aromatic carbocycles. The SMILES string of the molecule is CCCn1cc(C(N)c2cccc(F)c2Cl)cn1. The number of aryl methyl sites for hydroxylation is 1. The van der Waals surface area contributed by atoms with Crippen LogP contribution in [-0.4, -0.2) is 9.78 Å². The number of rotatable bonds is 4. The second kappa shape index (κ2) is 5.50. The summed E-state index contributed by atoms with van der Waals surface area (Å²) in [5.74, 6) is -0.453. The minimum Gasteiger partial charge on any atom is -0.320 e. The maximum Gasteiger partial charge on any atom is 0.142 e. The van der Waals surface area contributed by atoms with Crippen molar-refractivity contribution >= 4 is 11.6 Å². The predicted molar refractivity (Wildman–Crippen MR) is 70.0 cm³/mol. The fraction of sp³-hybridized carbons (Fsp3) is 0.308. The number of hydrogen-bond acceptors (Lipinski definition) is 2. The first-order valence-electron chi connectivity index (χ1n) is 5.85. The Hall–Kier alpha value is -1.39. The van der Waals surface area contributed by atoms with Crippen LogP contribution in [0.1, 0.15) is 30.5 Å². The Morgan fingerprint density at radius 1 is 1.50 bits per heavy atom. The normalized spacial score (nSPS) is 12.7. The second-order valence-electron chi connectivity index (χ2n) is 4.16. The van der Waals surface area contributed by atoms with Crippen molar-refractivity contribution < 1.29 is 4.39 Å². The Kier molecular flexibility index (Phi) is 3.99. The van der Waals surface area contributed by atoms with Crippen LogP contribution >= 0.6 is 11.6 Å². The highest BCUT2D eigenvalue weighted by Gasteiger charge is 2.16. The molecule has 0 saturated heterocycles. The van der Waals surface area contributed by atoms with Crippen molar-refractivity contribution in [1.82, 2.24) is 9.78 Å². The second-order valence-corrected chi connectivity index (χ2v) is 4.54. The summed E-state index contributed by atoms with van der Waals surface area (Å²) < 4.78 is 15.2. The van der Waals surface area contributed by atoms with Gasteiger partial charge in [-0.05, 0) is 18.1 Å². The van der Waals surface area contributed by atoms with Crippen molar-refractivity contribution in [3.63, 3.8) is 0 Å². The molecule has 0 amide bonds. The zero-order valence-electron chi connectivity index (χ0n) is 10.1. The number of nitrogens with two attached hydrogens (primary N) is 1. The van der Waals surface area contributed by atoms with Gasteiger partial charge in [0, 0.05) is 18.3 Å². The number of aromatic nitrogens is 2. The summed E-state index contributed by atoms with van der Waals surface area (Å²) in [6, 6.07) is 4.19. The lowest BCUT2D eigenvalue weighted by Crippen LogP contribution is -2.12. The van der Waals surface area contributed by atoms with E-state index in [0.29, 0.717) is 5.56 Å². The van der Waals surface area contributed by atoms with Gasteiger partial charge in [0.05, 0.1) is 17.3 Å². The lowest BCUT2D eigenvalue weighted by molar-refractivity contribution is 0.601. The molecule has 3 nitrogen and oxygen atoms in total. The summed E-state index contributed by atoms with van der Waals surface area (Å²) in [6.07, 6.45) is 4.56. The molecule has 0 aliphatic heterocycles. The summed E-state index contributed by atoms with van der Waals surface area (Å²) >= 11 is 5.92. The van der Waals surface area contributed by atoms with E-state index in [-0.39, 0.29) is 5.02 Å². The smallest absolute Gasteiger partial charge is 0.142 e. The van der Waals surface area contributed by atoms with Crippen molar-refractivity contribution in [2.75, 3.05) is 0 Å². The molecule has 0 bridgehead atoms. The van der Waals surface area contributed by atoms with E-state index < -0.39 is 11.9 Å². The summed E-state index contributed by atoms with van der Waals surface area (Å²) in [5, 5.41) is 4.28. The van der Waals surface area contributed by atoms with Gasteiger partial charge in [0.25, 0.3) is 0 Å². The fourth-order valence-electron chi connectivity index (χ4n) is 1.83. The van der Waals surface area contributed by atoms with E-state index >= 15 is 0 Å². The lowest BCUT2D eigenvalue weighted by Gasteiger charge is -2.12. The minimum atomic E-state index is -0.459. The molecule has 1 atom stereocenters. The molecular formula is C13H15ClFN3. The van der Waals surface area contributed by atoms with Crippen molar-refractivity contribution in [3.8, 4) is 0 Å². The largest absolute Gasteiger partial charge is 0.320 e. The van der Waals surface area contributed by atoms with Crippen molar-refractivity contribution in [2.45, 2.75) is 25.9 Å². The quantitative estimate of drug-likeness (QED) is 0.925. The Labute approximate surface area is 110 Å². The third kappa shape index (κ3) is 2.54. The molecule has 96 valence electrons. The molecule has 0 saturated carbocycles. The summed E-state index contributed by atoms with van der Waals surface area (Å²) in [4.78, 5) is 0. The Bertz CT molecular complexity index is 539. The van der Waals surface area contributed by atoms with E-state index in [1.165, 1.54) is 6.07 Å². The third-order valence-electron chi connectivity index (χ3n) is 2.78. The molecule has 0 spiro atoms. The van der Waals surface area contributed by atoms with Gasteiger partial charge in [-0.25, -0.2) is 4.39 Å². The van der Waals surface area contributed by atoms with E-state index in [2.05, 4.69) is 12.0 Å². The monoisotopic (exact) mass is 267 g/mol. The van der Waals surface area contributed by atoms with Crippen LogP contribution in [0.5, 0.6) is 0 Å². The average molecular weight is 268 g/mol. The zero-order chi connectivity index (χ0) is 13.1. The van der Waals surface area contributed by atoms with Crippen molar-refractivity contribution in [3.05, 3.63) is 52.6 Å². The van der Waals surface area contributed by atoms with Gasteiger partial charge in [-0.2, -0.15) is 5.10 Å². The van der Waals surface area contributed by atoms with Gasteiger partial charge >= 0.3 is 0 Å². The standard InChI is InChI=1S/C13H15ClFN3/c1-2-6-18-8-9(7-17-18)13(16)10-4-3-5-11(15)12(10)14/h3-5,7-8,13H,2,6,16H2,1H3. The maximum atomic E-state index is 13.4. The lowest BCUT2D eigenvalue weighted by atomic mass is 10.0. The molecule has 1 heterocycles. The number of halogens is 2. The highest BCUT2D eigenvalue weighted by molar-refractivity contribution is 6.31. The van der Waals surface area contributed by atoms with Gasteiger partial charge in [-0.15, -0.1) is 0 Å². The summed E-state index contributed by atoms with van der Waals surface area (Å²) in [6.45, 7) is 2.91. The van der Waals surface area contributed by atoms with Gasteiger partial charge in [0.15, 0.2) is 0 Å². The van der Waals surface area contributed by atoms with Crippen LogP contribution in [0.25, 0.3) is 0 Å². The van der Waals surface area contributed by atoms with E-state index in [1.807, 2.05) is 10.9 Å². The Morgan fingerprint density at radius 3 is 3.00 bits per heavy atom. The first-order chi connectivity index (χ1) is 8.63. The molecule has 5 heteroatoms. The molecule has 2 rings (SSSR count). The van der Waals surface area contributed by atoms with Crippen LogP contribution in [-0.2, 0) is 6.54 Å². The van der Waals surface area contributed by atoms with E-state index in [9.17, 15) is 4.39 Å². The summed E-state index contributed by atoms with van der Waals surface area (Å²) in [5.41, 5.74) is 7.50. The first-order valence-corrected chi connectivity index (χ1v) is 6.23. The number of nitrogens with zero attached hydrogens (tertiary/aromatic N) is 2. The molecule has 0 aliphatic carbocycles. The number of benzene rings is 1. The van der Waals surface area contributed by atoms with Gasteiger partial charge in [0.1, 0.15) is 5.82 Å². The highest BCUT2D eigenvalue weighted by Crippen LogP contribution is 2.28. The van der Waals surface area contributed by atoms with Crippen LogP contribution in [0.15, 0.2) is 30.6 Å². The van der Waals surface area contributed by atoms with E-state index in [4.69, 9.17) is 17.3 Å². The fourth-order valence-corrected chi connectivity index (χ4v) is 2.08. The number of hydrogen-bond donors (Lipinski definition) is 1. The molecule has 0 radical (unpaired) electrons. The Balaban J connectivity index is 2.29. The van der Waals surface area contributed by atoms with Gasteiger partial charge in [-0.1, -0.05) is 30.7 Å². The van der Waals surface area contributed by atoms with Crippen LogP contribution in [0.3, 0.4) is 0 Å². The van der Waals surface area contributed by atoms with E-state index in [0.717, 1.165) is 18.5 Å². The first kappa shape index (κ1) is 13.1. The predicted octanol–water partition coefficient (Wildman–Crippen LogP) is 3.13. The van der Waals surface area contributed by atoms with Crippen molar-refractivity contribution in [1.29, 1.82) is 0 Å². The molecule has 0 fully saturated rings. The molecule has 1 aromatic heterocycles. The van der Waals surface area contributed by atoms with Gasteiger partial charge < -0.3 is 5.73 Å². The van der Waals surface area contributed by atoms with Gasteiger partial charge in [0.2, 0.25) is 0 Å². The zero-order valence-corrected chi connectivity index (χ0v) is 10.9. The molecule has 1 unspecified atom stereocenters. The average Bonchev–Trinajstić information content (AvgIpc) is 2.81. The maximum absolute atomic E-state index is 13.4. The van der Waals surface area contributed by atoms with Crippen molar-refractivity contribution in [2.24, 2.45) is 5.73 Å². The molecule has 18 heavy (non-hydrogen) atoms. The Morgan fingerprint density at radius 2 is 2.28 bits per heavy atom. The third-order valence-corrected chi connectivity index (χ3v) is 3.18. The van der Waals surface area contributed by atoms with Crippen LogP contribution in [0.4, 0.5) is 4.39 Å². The highest BCUT2D eigenvalue weighted by atomic mass is 35.5. The molecular weight excluding hydrogens is 253 g/mol. The molecule has 2 N–H and O–H groups in total. The van der Waals surface area contributed by atoms with Crippen LogP contribution in [0, 0.1) is 5.82 Å². The molecule has 2 aromatic rings. The van der Waals surface area contributed by atoms with Gasteiger partial charge in [-0.3, -0.25) is 4.68 Å². The van der Waals surface area contributed by atoms with Crippen LogP contribution in [0.2, 0.25) is 5.02 Å². The minimum absolute atomic E-state index is 0.0771. The summed E-state index contributed by atoms with van der Waals surface area (Å²) in [7, 11) is 0. The topological polar surface area (TPSA) is 43.8 Å². The molecule has 0 aliphatic rings.